The Labute approximate surface area is 158 Å². The van der Waals surface area contributed by atoms with Crippen molar-refractivity contribution < 1.29 is 9.26 Å². The summed E-state index contributed by atoms with van der Waals surface area (Å²) in [6.07, 6.45) is 4.67. The first-order chi connectivity index (χ1) is 13.2. The van der Waals surface area contributed by atoms with Crippen molar-refractivity contribution in [1.82, 2.24) is 19.7 Å². The fourth-order valence-electron chi connectivity index (χ4n) is 3.48. The van der Waals surface area contributed by atoms with Gasteiger partial charge in [0.05, 0.1) is 18.8 Å². The van der Waals surface area contributed by atoms with Crippen LogP contribution in [0.5, 0.6) is 5.75 Å². The highest BCUT2D eigenvalue weighted by Gasteiger charge is 2.21. The van der Waals surface area contributed by atoms with Crippen LogP contribution >= 0.6 is 11.3 Å². The first-order valence-corrected chi connectivity index (χ1v) is 9.51. The molecule has 1 aromatic carbocycles. The van der Waals surface area contributed by atoms with Gasteiger partial charge in [0.1, 0.15) is 17.1 Å². The maximum absolute atomic E-state index is 12.9. The van der Waals surface area contributed by atoms with Gasteiger partial charge in [-0.15, -0.1) is 11.3 Å². The van der Waals surface area contributed by atoms with Gasteiger partial charge in [0.25, 0.3) is 5.56 Å². The summed E-state index contributed by atoms with van der Waals surface area (Å²) in [5.41, 5.74) is 1.92. The summed E-state index contributed by atoms with van der Waals surface area (Å²) in [6, 6.07) is 7.43. The molecule has 8 heteroatoms. The average molecular weight is 380 g/mol. The fraction of sp³-hybridized carbons (Fsp3) is 0.263. The fourth-order valence-corrected chi connectivity index (χ4v) is 4.70. The van der Waals surface area contributed by atoms with Crippen LogP contribution in [-0.2, 0) is 19.4 Å². The number of thiophene rings is 1. The number of nitrogens with zero attached hydrogens (tertiary/aromatic N) is 4. The van der Waals surface area contributed by atoms with E-state index in [1.165, 1.54) is 15.0 Å². The van der Waals surface area contributed by atoms with Crippen molar-refractivity contribution in [2.75, 3.05) is 7.11 Å². The molecular formula is C19H16N4O3S. The molecule has 1 aliphatic carbocycles. The summed E-state index contributed by atoms with van der Waals surface area (Å²) < 4.78 is 12.1. The Morgan fingerprint density at radius 2 is 2.26 bits per heavy atom. The lowest BCUT2D eigenvalue weighted by Gasteiger charge is -2.02. The summed E-state index contributed by atoms with van der Waals surface area (Å²) in [6.45, 7) is 0.198. The highest BCUT2D eigenvalue weighted by atomic mass is 32.1. The van der Waals surface area contributed by atoms with E-state index in [0.29, 0.717) is 11.7 Å². The van der Waals surface area contributed by atoms with Crippen LogP contribution in [0, 0.1) is 0 Å². The van der Waals surface area contributed by atoms with Crippen LogP contribution in [0.2, 0.25) is 0 Å². The molecular weight excluding hydrogens is 364 g/mol. The number of aromatic nitrogens is 4. The molecule has 0 aliphatic heterocycles. The Morgan fingerprint density at radius 3 is 3.15 bits per heavy atom. The van der Waals surface area contributed by atoms with Gasteiger partial charge in [0.15, 0.2) is 0 Å². The van der Waals surface area contributed by atoms with Gasteiger partial charge < -0.3 is 9.26 Å². The quantitative estimate of drug-likeness (QED) is 0.541. The summed E-state index contributed by atoms with van der Waals surface area (Å²) in [7, 11) is 1.61. The van der Waals surface area contributed by atoms with Crippen LogP contribution in [0.4, 0.5) is 0 Å². The van der Waals surface area contributed by atoms with Crippen molar-refractivity contribution in [3.05, 3.63) is 57.3 Å². The molecule has 136 valence electrons. The predicted octanol–water partition coefficient (Wildman–Crippen LogP) is 3.05. The Morgan fingerprint density at radius 1 is 1.33 bits per heavy atom. The number of methoxy groups -OCH3 is 1. The summed E-state index contributed by atoms with van der Waals surface area (Å²) in [4.78, 5) is 23.9. The number of benzene rings is 1. The van der Waals surface area contributed by atoms with E-state index in [1.54, 1.807) is 24.8 Å². The number of fused-ring (bicyclic) bond motifs is 3. The normalized spacial score (nSPS) is 13.2. The molecule has 0 amide bonds. The van der Waals surface area contributed by atoms with Crippen LogP contribution in [-0.4, -0.2) is 26.8 Å². The number of ether oxygens (including phenoxy) is 1. The zero-order valence-electron chi connectivity index (χ0n) is 14.6. The van der Waals surface area contributed by atoms with Crippen LogP contribution in [0.1, 0.15) is 22.8 Å². The summed E-state index contributed by atoms with van der Waals surface area (Å²) >= 11 is 1.63. The number of rotatable bonds is 4. The second-order valence-electron chi connectivity index (χ2n) is 6.46. The molecule has 4 aromatic rings. The highest BCUT2D eigenvalue weighted by Crippen LogP contribution is 2.34. The minimum Gasteiger partial charge on any atom is -0.497 e. The van der Waals surface area contributed by atoms with Gasteiger partial charge in [-0.05, 0) is 37.0 Å². The van der Waals surface area contributed by atoms with Gasteiger partial charge in [-0.25, -0.2) is 4.98 Å². The van der Waals surface area contributed by atoms with Crippen molar-refractivity contribution in [3.8, 4) is 17.1 Å². The molecule has 27 heavy (non-hydrogen) atoms. The molecule has 0 fully saturated rings. The second-order valence-corrected chi connectivity index (χ2v) is 7.54. The van der Waals surface area contributed by atoms with E-state index >= 15 is 0 Å². The van der Waals surface area contributed by atoms with Crippen molar-refractivity contribution >= 4 is 21.6 Å². The van der Waals surface area contributed by atoms with E-state index in [9.17, 15) is 4.79 Å². The SMILES string of the molecule is COc1cccc(-c2noc(Cn3cnc4sc5c(c4c3=O)CCC5)n2)c1. The standard InChI is InChI=1S/C19H16N4O3S/c1-25-12-5-2-4-11(8-12)17-21-15(26-22-17)9-23-10-20-18-16(19(23)24)13-6-3-7-14(13)27-18/h2,4-5,8,10H,3,6-7,9H2,1H3. The molecule has 1 aliphatic rings. The van der Waals surface area contributed by atoms with Gasteiger partial charge in [0.2, 0.25) is 11.7 Å². The van der Waals surface area contributed by atoms with Gasteiger partial charge in [-0.3, -0.25) is 9.36 Å². The molecule has 0 saturated heterocycles. The van der Waals surface area contributed by atoms with Gasteiger partial charge in [-0.2, -0.15) is 4.98 Å². The van der Waals surface area contributed by atoms with E-state index in [4.69, 9.17) is 9.26 Å². The van der Waals surface area contributed by atoms with Crippen LogP contribution in [0.25, 0.3) is 21.6 Å². The summed E-state index contributed by atoms with van der Waals surface area (Å²) in [5, 5.41) is 4.77. The van der Waals surface area contributed by atoms with Crippen LogP contribution in [0.15, 0.2) is 39.9 Å². The highest BCUT2D eigenvalue weighted by molar-refractivity contribution is 7.18. The van der Waals surface area contributed by atoms with Crippen molar-refractivity contribution in [2.24, 2.45) is 0 Å². The Hall–Kier alpha value is -3.00. The number of hydrogen-bond donors (Lipinski definition) is 0. The molecule has 5 rings (SSSR count). The molecule has 0 bridgehead atoms. The third-order valence-electron chi connectivity index (χ3n) is 4.79. The topological polar surface area (TPSA) is 83.0 Å². The maximum Gasteiger partial charge on any atom is 0.262 e. The lowest BCUT2D eigenvalue weighted by Crippen LogP contribution is -2.21. The van der Waals surface area contributed by atoms with Crippen LogP contribution in [0.3, 0.4) is 0 Å². The van der Waals surface area contributed by atoms with E-state index in [2.05, 4.69) is 15.1 Å². The molecule has 0 atom stereocenters. The predicted molar refractivity (Wildman–Crippen MR) is 101 cm³/mol. The number of aryl methyl sites for hydroxylation is 2. The smallest absolute Gasteiger partial charge is 0.262 e. The second kappa shape index (κ2) is 6.31. The van der Waals surface area contributed by atoms with E-state index in [1.807, 2.05) is 24.3 Å². The monoisotopic (exact) mass is 380 g/mol. The lowest BCUT2D eigenvalue weighted by atomic mass is 10.2. The zero-order valence-corrected chi connectivity index (χ0v) is 15.5. The molecule has 0 N–H and O–H groups in total. The Bertz CT molecular complexity index is 1210. The first kappa shape index (κ1) is 16.2. The molecule has 7 nitrogen and oxygen atoms in total. The van der Waals surface area contributed by atoms with E-state index in [-0.39, 0.29) is 12.1 Å². The van der Waals surface area contributed by atoms with E-state index in [0.717, 1.165) is 40.8 Å². The van der Waals surface area contributed by atoms with Crippen molar-refractivity contribution in [3.63, 3.8) is 0 Å². The third kappa shape index (κ3) is 2.73. The molecule has 0 radical (unpaired) electrons. The Kier molecular flexibility index (Phi) is 3.78. The molecule has 0 unspecified atom stereocenters. The van der Waals surface area contributed by atoms with Gasteiger partial charge in [0, 0.05) is 10.4 Å². The number of hydrogen-bond acceptors (Lipinski definition) is 7. The molecule has 3 aromatic heterocycles. The van der Waals surface area contributed by atoms with Crippen molar-refractivity contribution in [1.29, 1.82) is 0 Å². The summed E-state index contributed by atoms with van der Waals surface area (Å²) in [5.74, 6) is 1.54. The molecule has 3 heterocycles. The zero-order chi connectivity index (χ0) is 18.4. The van der Waals surface area contributed by atoms with Gasteiger partial charge >= 0.3 is 0 Å². The average Bonchev–Trinajstić information content (AvgIpc) is 3.40. The maximum atomic E-state index is 12.9. The minimum absolute atomic E-state index is 0.0412. The van der Waals surface area contributed by atoms with Gasteiger partial charge in [-0.1, -0.05) is 17.3 Å². The van der Waals surface area contributed by atoms with Crippen molar-refractivity contribution in [2.45, 2.75) is 25.8 Å². The molecule has 0 saturated carbocycles. The van der Waals surface area contributed by atoms with E-state index < -0.39 is 0 Å². The van der Waals surface area contributed by atoms with Crippen LogP contribution < -0.4 is 10.3 Å². The largest absolute Gasteiger partial charge is 0.497 e. The minimum atomic E-state index is -0.0412. The molecule has 0 spiro atoms. The first-order valence-electron chi connectivity index (χ1n) is 8.69. The lowest BCUT2D eigenvalue weighted by molar-refractivity contribution is 0.369. The Balaban J connectivity index is 1.48. The third-order valence-corrected chi connectivity index (χ3v) is 5.99.